The molecule has 6 heteroatoms. The maximum atomic E-state index is 12.5. The second-order valence-electron chi connectivity index (χ2n) is 8.31. The molecule has 0 aromatic heterocycles. The fourth-order valence-corrected chi connectivity index (χ4v) is 3.65. The van der Waals surface area contributed by atoms with E-state index in [0.717, 1.165) is 19.3 Å². The summed E-state index contributed by atoms with van der Waals surface area (Å²) in [6, 6.07) is 0. The van der Waals surface area contributed by atoms with Crippen LogP contribution in [-0.2, 0) is 19.1 Å². The van der Waals surface area contributed by atoms with Crippen molar-refractivity contribution >= 4 is 11.9 Å². The zero-order valence-electron chi connectivity index (χ0n) is 18.9. The minimum Gasteiger partial charge on any atom is -0.457 e. The van der Waals surface area contributed by atoms with Gasteiger partial charge < -0.3 is 19.7 Å². The van der Waals surface area contributed by atoms with E-state index >= 15 is 0 Å². The van der Waals surface area contributed by atoms with Gasteiger partial charge in [-0.05, 0) is 25.7 Å². The quantitative estimate of drug-likeness (QED) is 0.254. The zero-order chi connectivity index (χ0) is 22.2. The van der Waals surface area contributed by atoms with Crippen molar-refractivity contribution in [1.82, 2.24) is 0 Å². The van der Waals surface area contributed by atoms with Gasteiger partial charge in [-0.25, -0.2) is 4.79 Å². The van der Waals surface area contributed by atoms with Crippen molar-refractivity contribution in [3.63, 3.8) is 0 Å². The molecule has 4 atom stereocenters. The largest absolute Gasteiger partial charge is 0.457 e. The molecule has 0 unspecified atom stereocenters. The lowest BCUT2D eigenvalue weighted by Gasteiger charge is -2.28. The minimum atomic E-state index is -1.19. The first-order chi connectivity index (χ1) is 14.5. The van der Waals surface area contributed by atoms with Gasteiger partial charge in [-0.1, -0.05) is 83.8 Å². The average molecular weight is 427 g/mol. The Hall–Kier alpha value is -1.40. The highest BCUT2D eigenvalue weighted by Crippen LogP contribution is 2.18. The monoisotopic (exact) mass is 426 g/mol. The van der Waals surface area contributed by atoms with Crippen LogP contribution in [0.1, 0.15) is 104 Å². The highest BCUT2D eigenvalue weighted by Gasteiger charge is 2.32. The van der Waals surface area contributed by atoms with Crippen LogP contribution in [0.3, 0.4) is 0 Å². The van der Waals surface area contributed by atoms with Gasteiger partial charge in [-0.15, -0.1) is 0 Å². The van der Waals surface area contributed by atoms with E-state index < -0.39 is 30.4 Å². The summed E-state index contributed by atoms with van der Waals surface area (Å²) in [5.41, 5.74) is 0. The highest BCUT2D eigenvalue weighted by molar-refractivity contribution is 5.79. The molecular weight excluding hydrogens is 384 g/mol. The van der Waals surface area contributed by atoms with Gasteiger partial charge in [-0.2, -0.15) is 0 Å². The second kappa shape index (κ2) is 16.3. The van der Waals surface area contributed by atoms with Crippen LogP contribution in [0.25, 0.3) is 0 Å². The lowest BCUT2D eigenvalue weighted by Crippen LogP contribution is -2.42. The van der Waals surface area contributed by atoms with Gasteiger partial charge in [0.1, 0.15) is 18.3 Å². The Kier molecular flexibility index (Phi) is 14.5. The summed E-state index contributed by atoms with van der Waals surface area (Å²) in [4.78, 5) is 24.7. The number of aliphatic hydroxyl groups excluding tert-OH is 2. The fourth-order valence-electron chi connectivity index (χ4n) is 3.65. The van der Waals surface area contributed by atoms with Crippen molar-refractivity contribution in [1.29, 1.82) is 0 Å². The Morgan fingerprint density at radius 2 is 1.67 bits per heavy atom. The van der Waals surface area contributed by atoms with Crippen molar-refractivity contribution in [2.24, 2.45) is 0 Å². The molecule has 1 heterocycles. The third-order valence-electron chi connectivity index (χ3n) is 5.52. The van der Waals surface area contributed by atoms with E-state index in [1.165, 1.54) is 44.6 Å². The minimum absolute atomic E-state index is 0.301. The summed E-state index contributed by atoms with van der Waals surface area (Å²) in [5.74, 6) is -1.02. The van der Waals surface area contributed by atoms with Crippen molar-refractivity contribution in [3.05, 3.63) is 12.2 Å². The molecular formula is C24H42O6. The normalized spacial score (nSPS) is 26.1. The standard InChI is InChI=1S/C24H42O6/c1-3-5-6-7-8-9-10-11-12-18-22(26)29-21-17-14-13-16-19(25)23(27)20(15-4-2)30-24(21)28/h13,16,19-21,23,25,27H,3-12,14-15,17-18H2,1-2H3/b16-13+/t19-,20+,21-,23-/m0/s1. The van der Waals surface area contributed by atoms with E-state index in [9.17, 15) is 19.8 Å². The topological polar surface area (TPSA) is 93.1 Å². The summed E-state index contributed by atoms with van der Waals surface area (Å²) >= 11 is 0. The SMILES string of the molecule is CCCCCCCCCCCC(=O)O[C@H]1CC/C=C/[C@H](O)[C@H](O)[C@@H](CCC)OC1=O. The number of cyclic esters (lactones) is 1. The summed E-state index contributed by atoms with van der Waals surface area (Å²) < 4.78 is 10.8. The van der Waals surface area contributed by atoms with Crippen LogP contribution in [0.4, 0.5) is 0 Å². The van der Waals surface area contributed by atoms with Gasteiger partial charge in [0.2, 0.25) is 0 Å². The number of hydrogen-bond acceptors (Lipinski definition) is 6. The average Bonchev–Trinajstić information content (AvgIpc) is 2.73. The number of hydrogen-bond donors (Lipinski definition) is 2. The van der Waals surface area contributed by atoms with E-state index in [4.69, 9.17) is 9.47 Å². The summed E-state index contributed by atoms with van der Waals surface area (Å²) in [6.07, 6.45) is 11.8. The van der Waals surface area contributed by atoms with Gasteiger partial charge in [0, 0.05) is 6.42 Å². The first-order valence-corrected chi connectivity index (χ1v) is 11.9. The molecule has 0 amide bonds. The molecule has 174 valence electrons. The molecule has 2 N–H and O–H groups in total. The molecule has 1 rings (SSSR count). The predicted molar refractivity (Wildman–Crippen MR) is 117 cm³/mol. The fraction of sp³-hybridized carbons (Fsp3) is 0.833. The van der Waals surface area contributed by atoms with Crippen LogP contribution in [0.5, 0.6) is 0 Å². The van der Waals surface area contributed by atoms with Crippen molar-refractivity contribution in [2.45, 2.75) is 128 Å². The maximum Gasteiger partial charge on any atom is 0.347 e. The molecule has 0 bridgehead atoms. The Labute approximate surface area is 182 Å². The molecule has 0 spiro atoms. The van der Waals surface area contributed by atoms with Crippen LogP contribution in [0.2, 0.25) is 0 Å². The molecule has 30 heavy (non-hydrogen) atoms. The molecule has 0 saturated heterocycles. The molecule has 6 nitrogen and oxygen atoms in total. The highest BCUT2D eigenvalue weighted by atomic mass is 16.6. The number of allylic oxidation sites excluding steroid dienone is 1. The molecule has 0 aliphatic carbocycles. The predicted octanol–water partition coefficient (Wildman–Crippen LogP) is 4.60. The number of aliphatic hydroxyl groups is 2. The number of esters is 2. The van der Waals surface area contributed by atoms with E-state index in [0.29, 0.717) is 32.1 Å². The Morgan fingerprint density at radius 3 is 2.30 bits per heavy atom. The van der Waals surface area contributed by atoms with Crippen LogP contribution in [0, 0.1) is 0 Å². The Morgan fingerprint density at radius 1 is 1.03 bits per heavy atom. The number of carbonyl (C=O) groups is 2. The summed E-state index contributed by atoms with van der Waals surface area (Å²) in [5, 5.41) is 20.2. The van der Waals surface area contributed by atoms with Gasteiger partial charge in [0.05, 0.1) is 0 Å². The first kappa shape index (κ1) is 26.6. The van der Waals surface area contributed by atoms with Gasteiger partial charge in [-0.3, -0.25) is 4.79 Å². The summed E-state index contributed by atoms with van der Waals surface area (Å²) in [7, 11) is 0. The molecule has 1 aliphatic rings. The molecule has 1 aliphatic heterocycles. The third kappa shape index (κ3) is 11.1. The maximum absolute atomic E-state index is 12.5. The van der Waals surface area contributed by atoms with Crippen molar-refractivity contribution in [3.8, 4) is 0 Å². The molecule has 0 aromatic rings. The van der Waals surface area contributed by atoms with Crippen LogP contribution in [-0.4, -0.2) is 46.6 Å². The lowest BCUT2D eigenvalue weighted by molar-refractivity contribution is -0.178. The molecule has 0 aromatic carbocycles. The van der Waals surface area contributed by atoms with E-state index in [2.05, 4.69) is 6.92 Å². The Balaban J connectivity index is 2.39. The molecule has 0 fully saturated rings. The van der Waals surface area contributed by atoms with Crippen LogP contribution < -0.4 is 0 Å². The van der Waals surface area contributed by atoms with Crippen LogP contribution in [0.15, 0.2) is 12.2 Å². The smallest absolute Gasteiger partial charge is 0.347 e. The number of unbranched alkanes of at least 4 members (excludes halogenated alkanes) is 8. The van der Waals surface area contributed by atoms with Crippen molar-refractivity contribution < 1.29 is 29.3 Å². The van der Waals surface area contributed by atoms with Gasteiger partial charge in [0.15, 0.2) is 6.10 Å². The molecule has 0 radical (unpaired) electrons. The van der Waals surface area contributed by atoms with Gasteiger partial charge in [0.25, 0.3) is 0 Å². The van der Waals surface area contributed by atoms with Gasteiger partial charge >= 0.3 is 11.9 Å². The number of ether oxygens (including phenoxy) is 2. The van der Waals surface area contributed by atoms with E-state index in [1.807, 2.05) is 6.92 Å². The van der Waals surface area contributed by atoms with Crippen molar-refractivity contribution in [2.75, 3.05) is 0 Å². The second-order valence-corrected chi connectivity index (χ2v) is 8.31. The third-order valence-corrected chi connectivity index (χ3v) is 5.52. The summed E-state index contributed by atoms with van der Waals surface area (Å²) in [6.45, 7) is 4.12. The lowest BCUT2D eigenvalue weighted by atomic mass is 10.0. The van der Waals surface area contributed by atoms with Crippen LogP contribution >= 0.6 is 0 Å². The van der Waals surface area contributed by atoms with E-state index in [-0.39, 0.29) is 5.97 Å². The molecule has 0 saturated carbocycles. The number of carbonyl (C=O) groups excluding carboxylic acids is 2. The number of rotatable bonds is 13. The first-order valence-electron chi connectivity index (χ1n) is 11.9. The zero-order valence-corrected chi connectivity index (χ0v) is 18.9. The van der Waals surface area contributed by atoms with E-state index in [1.54, 1.807) is 6.08 Å². The Bertz CT molecular complexity index is 504.